The Labute approximate surface area is 151 Å². The maximum absolute atomic E-state index is 12.4. The van der Waals surface area contributed by atoms with E-state index in [2.05, 4.69) is 15.6 Å². The number of nitrogens with one attached hydrogen (secondary N) is 1. The number of carbonyl (C=O) groups excluding carboxylic acids is 1. The largest absolute Gasteiger partial charge is 0.360 e. The summed E-state index contributed by atoms with van der Waals surface area (Å²) in [5.74, 6) is 0.566. The quantitative estimate of drug-likeness (QED) is 0.702. The monoisotopic (exact) mass is 354 g/mol. The first kappa shape index (κ1) is 17.8. The maximum Gasteiger partial charge on any atom is 0.296 e. The van der Waals surface area contributed by atoms with Gasteiger partial charge in [0.25, 0.3) is 5.56 Å². The van der Waals surface area contributed by atoms with Crippen molar-refractivity contribution in [3.05, 3.63) is 57.7 Å². The molecule has 0 aliphatic heterocycles. The predicted molar refractivity (Wildman–Crippen MR) is 97.9 cm³/mol. The Morgan fingerprint density at radius 2 is 2.00 bits per heavy atom. The fraction of sp³-hybridized carbons (Fsp3) is 0.368. The van der Waals surface area contributed by atoms with Crippen LogP contribution in [0.4, 0.5) is 0 Å². The molecule has 0 atom stereocenters. The molecule has 26 heavy (non-hydrogen) atoms. The fourth-order valence-electron chi connectivity index (χ4n) is 2.96. The summed E-state index contributed by atoms with van der Waals surface area (Å²) in [5.41, 5.74) is 1.90. The summed E-state index contributed by atoms with van der Waals surface area (Å²) in [6.45, 7) is 4.55. The third-order valence-corrected chi connectivity index (χ3v) is 4.28. The molecule has 3 rings (SSSR count). The van der Waals surface area contributed by atoms with Gasteiger partial charge < -0.3 is 9.84 Å². The molecule has 1 aromatic carbocycles. The minimum atomic E-state index is -0.285. The molecule has 0 unspecified atom stereocenters. The summed E-state index contributed by atoms with van der Waals surface area (Å²) < 4.78 is 6.45. The van der Waals surface area contributed by atoms with Crippen molar-refractivity contribution in [1.82, 2.24) is 20.3 Å². The van der Waals surface area contributed by atoms with Crippen molar-refractivity contribution >= 4 is 16.8 Å². The lowest BCUT2D eigenvalue weighted by Gasteiger charge is -2.07. The first-order valence-corrected chi connectivity index (χ1v) is 8.70. The second-order valence-corrected chi connectivity index (χ2v) is 6.27. The average molecular weight is 354 g/mol. The van der Waals surface area contributed by atoms with Crippen molar-refractivity contribution in [2.45, 2.75) is 39.7 Å². The second kappa shape index (κ2) is 7.95. The molecule has 0 aliphatic rings. The van der Waals surface area contributed by atoms with Crippen LogP contribution in [0, 0.1) is 13.8 Å². The average Bonchev–Trinajstić information content (AvgIpc) is 3.02. The maximum atomic E-state index is 12.4. The zero-order chi connectivity index (χ0) is 18.5. The highest BCUT2D eigenvalue weighted by molar-refractivity contribution is 5.81. The summed E-state index contributed by atoms with van der Waals surface area (Å²) >= 11 is 0. The van der Waals surface area contributed by atoms with Gasteiger partial charge in [0.15, 0.2) is 5.52 Å². The molecule has 7 nitrogen and oxygen atoms in total. The minimum absolute atomic E-state index is 0.0240. The molecule has 0 spiro atoms. The first-order chi connectivity index (χ1) is 12.6. The highest BCUT2D eigenvalue weighted by atomic mass is 16.5. The van der Waals surface area contributed by atoms with Crippen LogP contribution >= 0.6 is 0 Å². The Hall–Kier alpha value is -2.96. The Morgan fingerprint density at radius 3 is 2.77 bits per heavy atom. The Balaban J connectivity index is 1.50. The van der Waals surface area contributed by atoms with Gasteiger partial charge in [-0.1, -0.05) is 35.5 Å². The van der Waals surface area contributed by atoms with Gasteiger partial charge in [-0.3, -0.25) is 9.59 Å². The lowest BCUT2D eigenvalue weighted by Crippen LogP contribution is -2.27. The number of hydrogen-bond donors (Lipinski definition) is 1. The molecule has 7 heteroatoms. The summed E-state index contributed by atoms with van der Waals surface area (Å²) in [6, 6.07) is 10.0. The first-order valence-electron chi connectivity index (χ1n) is 8.70. The van der Waals surface area contributed by atoms with E-state index in [0.717, 1.165) is 6.42 Å². The van der Waals surface area contributed by atoms with E-state index in [9.17, 15) is 9.59 Å². The van der Waals surface area contributed by atoms with Gasteiger partial charge in [0.05, 0.1) is 11.1 Å². The molecular weight excluding hydrogens is 332 g/mol. The number of fused-ring (bicyclic) bond motifs is 1. The van der Waals surface area contributed by atoms with E-state index in [0.29, 0.717) is 48.3 Å². The van der Waals surface area contributed by atoms with Crippen LogP contribution in [-0.4, -0.2) is 27.4 Å². The van der Waals surface area contributed by atoms with Crippen molar-refractivity contribution in [3.63, 3.8) is 0 Å². The third kappa shape index (κ3) is 3.99. The smallest absolute Gasteiger partial charge is 0.296 e. The molecule has 3 aromatic rings. The van der Waals surface area contributed by atoms with Crippen molar-refractivity contribution < 1.29 is 9.32 Å². The Morgan fingerprint density at radius 1 is 1.23 bits per heavy atom. The molecule has 2 aromatic heterocycles. The number of aromatic nitrogens is 3. The number of hydrogen-bond acceptors (Lipinski definition) is 5. The van der Waals surface area contributed by atoms with Crippen LogP contribution < -0.4 is 10.9 Å². The molecular formula is C19H22N4O3. The SMILES string of the molecule is Cc1nn(CCCC(=O)NCCc2ccccc2)c(=O)c2noc(C)c12. The highest BCUT2D eigenvalue weighted by Gasteiger charge is 2.15. The molecule has 0 radical (unpaired) electrons. The van der Waals surface area contributed by atoms with Gasteiger partial charge in [-0.25, -0.2) is 4.68 Å². The van der Waals surface area contributed by atoms with Crippen molar-refractivity contribution in [1.29, 1.82) is 0 Å². The van der Waals surface area contributed by atoms with Gasteiger partial charge in [0.1, 0.15) is 5.76 Å². The van der Waals surface area contributed by atoms with Crippen LogP contribution in [0.25, 0.3) is 10.9 Å². The molecule has 0 bridgehead atoms. The van der Waals surface area contributed by atoms with Crippen molar-refractivity contribution in [3.8, 4) is 0 Å². The van der Waals surface area contributed by atoms with Crippen molar-refractivity contribution in [2.75, 3.05) is 6.54 Å². The molecule has 136 valence electrons. The third-order valence-electron chi connectivity index (χ3n) is 4.28. The fourth-order valence-corrected chi connectivity index (χ4v) is 2.96. The van der Waals surface area contributed by atoms with Crippen LogP contribution in [0.2, 0.25) is 0 Å². The summed E-state index contributed by atoms with van der Waals surface area (Å²) in [4.78, 5) is 24.3. The normalized spacial score (nSPS) is 11.0. The Kier molecular flexibility index (Phi) is 5.46. The van der Waals surface area contributed by atoms with E-state index in [1.807, 2.05) is 37.3 Å². The van der Waals surface area contributed by atoms with Gasteiger partial charge >= 0.3 is 0 Å². The van der Waals surface area contributed by atoms with E-state index in [4.69, 9.17) is 4.52 Å². The van der Waals surface area contributed by atoms with E-state index >= 15 is 0 Å². The number of carbonyl (C=O) groups is 1. The van der Waals surface area contributed by atoms with Crippen molar-refractivity contribution in [2.24, 2.45) is 0 Å². The summed E-state index contributed by atoms with van der Waals surface area (Å²) in [6.07, 6.45) is 1.68. The zero-order valence-electron chi connectivity index (χ0n) is 15.0. The minimum Gasteiger partial charge on any atom is -0.360 e. The topological polar surface area (TPSA) is 90.0 Å². The van der Waals surface area contributed by atoms with Gasteiger partial charge in [-0.15, -0.1) is 0 Å². The molecule has 1 N–H and O–H groups in total. The Bertz CT molecular complexity index is 960. The number of amides is 1. The molecule has 2 heterocycles. The highest BCUT2D eigenvalue weighted by Crippen LogP contribution is 2.16. The summed E-state index contributed by atoms with van der Waals surface area (Å²) in [7, 11) is 0. The number of rotatable bonds is 7. The lowest BCUT2D eigenvalue weighted by molar-refractivity contribution is -0.121. The predicted octanol–water partition coefficient (Wildman–Crippen LogP) is 2.14. The van der Waals surface area contributed by atoms with Gasteiger partial charge in [0.2, 0.25) is 5.91 Å². The summed E-state index contributed by atoms with van der Waals surface area (Å²) in [5, 5.41) is 11.7. The van der Waals surface area contributed by atoms with E-state index in [1.165, 1.54) is 10.2 Å². The zero-order valence-corrected chi connectivity index (χ0v) is 15.0. The van der Waals surface area contributed by atoms with E-state index in [-0.39, 0.29) is 11.5 Å². The molecule has 1 amide bonds. The molecule has 0 fully saturated rings. The number of aryl methyl sites for hydroxylation is 3. The van der Waals surface area contributed by atoms with Crippen LogP contribution in [0.3, 0.4) is 0 Å². The van der Waals surface area contributed by atoms with Crippen LogP contribution in [-0.2, 0) is 17.8 Å². The molecule has 0 saturated carbocycles. The number of nitrogens with zero attached hydrogens (tertiary/aromatic N) is 3. The van der Waals surface area contributed by atoms with E-state index < -0.39 is 0 Å². The molecule has 0 aliphatic carbocycles. The lowest BCUT2D eigenvalue weighted by atomic mass is 10.1. The standard InChI is InChI=1S/C19H22N4O3/c1-13-17-14(2)26-22-18(17)19(25)23(21-13)12-6-9-16(24)20-11-10-15-7-4-3-5-8-15/h3-5,7-8H,6,9-12H2,1-2H3,(H,20,24). The van der Waals surface area contributed by atoms with Gasteiger partial charge in [-0.05, 0) is 32.3 Å². The van der Waals surface area contributed by atoms with E-state index in [1.54, 1.807) is 6.92 Å². The number of benzene rings is 1. The van der Waals surface area contributed by atoms with Crippen LogP contribution in [0.15, 0.2) is 39.6 Å². The van der Waals surface area contributed by atoms with Gasteiger partial charge in [0, 0.05) is 19.5 Å². The van der Waals surface area contributed by atoms with Crippen LogP contribution in [0.1, 0.15) is 29.9 Å². The van der Waals surface area contributed by atoms with Gasteiger partial charge in [-0.2, -0.15) is 5.10 Å². The van der Waals surface area contributed by atoms with Crippen LogP contribution in [0.5, 0.6) is 0 Å². The molecule has 0 saturated heterocycles. The second-order valence-electron chi connectivity index (χ2n) is 6.27.